The molecule has 0 aliphatic carbocycles. The summed E-state index contributed by atoms with van der Waals surface area (Å²) >= 11 is 0. The Balaban J connectivity index is 2.21. The van der Waals surface area contributed by atoms with Crippen molar-refractivity contribution in [3.8, 4) is 5.69 Å². The molecule has 1 amide bonds. The van der Waals surface area contributed by atoms with Gasteiger partial charge in [-0.15, -0.1) is 0 Å². The zero-order chi connectivity index (χ0) is 17.9. The number of carboxylic acids is 1. The number of hydrogen-bond donors (Lipinski definition) is 2. The van der Waals surface area contributed by atoms with Gasteiger partial charge in [0.25, 0.3) is 11.6 Å². The Labute approximate surface area is 137 Å². The number of carboxylic acid groups (broad SMARTS) is 1. The average molecular weight is 332 g/mol. The maximum atomic E-state index is 12.1. The van der Waals surface area contributed by atoms with Crippen molar-refractivity contribution in [2.75, 3.05) is 0 Å². The lowest BCUT2D eigenvalue weighted by Crippen LogP contribution is -2.40. The maximum absolute atomic E-state index is 12.1. The molecule has 0 saturated heterocycles. The molecule has 0 bridgehead atoms. The first-order chi connectivity index (χ1) is 11.3. The molecular weight excluding hydrogens is 316 g/mol. The highest BCUT2D eigenvalue weighted by Gasteiger charge is 2.23. The van der Waals surface area contributed by atoms with Crippen LogP contribution < -0.4 is 5.32 Å². The molecule has 2 N–H and O–H groups in total. The van der Waals surface area contributed by atoms with Gasteiger partial charge in [-0.1, -0.05) is 12.1 Å². The van der Waals surface area contributed by atoms with Crippen LogP contribution in [0.5, 0.6) is 0 Å². The number of nitro benzene ring substituents is 1. The number of nitrogens with one attached hydrogen (secondary N) is 1. The smallest absolute Gasteiger partial charge is 0.308 e. The van der Waals surface area contributed by atoms with E-state index in [1.807, 2.05) is 0 Å². The van der Waals surface area contributed by atoms with Gasteiger partial charge >= 0.3 is 5.97 Å². The molecule has 2 aromatic rings. The molecule has 0 saturated carbocycles. The van der Waals surface area contributed by atoms with Crippen molar-refractivity contribution in [2.24, 2.45) is 5.92 Å². The fourth-order valence-corrected chi connectivity index (χ4v) is 2.01. The van der Waals surface area contributed by atoms with E-state index in [-0.39, 0.29) is 17.1 Å². The standard InChI is InChI=1S/C15H16N4O5/c1-9(15(21)22)10(2)16-14(20)11-7-8-18(17-11)12-5-3-4-6-13(12)19(23)24/h3-10H,1-2H3,(H,16,20)(H,21,22). The van der Waals surface area contributed by atoms with Crippen LogP contribution in [0.3, 0.4) is 0 Å². The van der Waals surface area contributed by atoms with Crippen LogP contribution in [-0.2, 0) is 4.79 Å². The molecular formula is C15H16N4O5. The van der Waals surface area contributed by atoms with E-state index in [1.165, 1.54) is 42.1 Å². The second-order valence-corrected chi connectivity index (χ2v) is 5.28. The molecule has 24 heavy (non-hydrogen) atoms. The molecule has 2 atom stereocenters. The molecule has 0 aliphatic rings. The fraction of sp³-hybridized carbons (Fsp3) is 0.267. The summed E-state index contributed by atoms with van der Waals surface area (Å²) in [4.78, 5) is 33.6. The lowest BCUT2D eigenvalue weighted by Gasteiger charge is -2.16. The number of carbonyl (C=O) groups excluding carboxylic acids is 1. The van der Waals surface area contributed by atoms with Gasteiger partial charge in [-0.05, 0) is 26.0 Å². The highest BCUT2D eigenvalue weighted by Crippen LogP contribution is 2.21. The number of para-hydroxylation sites is 2. The van der Waals surface area contributed by atoms with Crippen LogP contribution in [0.4, 0.5) is 5.69 Å². The largest absolute Gasteiger partial charge is 0.481 e. The predicted octanol–water partition coefficient (Wildman–Crippen LogP) is 1.62. The number of rotatable bonds is 6. The van der Waals surface area contributed by atoms with Crippen molar-refractivity contribution >= 4 is 17.6 Å². The first kappa shape index (κ1) is 17.1. The van der Waals surface area contributed by atoms with E-state index in [2.05, 4.69) is 10.4 Å². The Hall–Kier alpha value is -3.23. The summed E-state index contributed by atoms with van der Waals surface area (Å²) < 4.78 is 1.23. The van der Waals surface area contributed by atoms with Gasteiger partial charge in [0.1, 0.15) is 5.69 Å². The maximum Gasteiger partial charge on any atom is 0.308 e. The van der Waals surface area contributed by atoms with Gasteiger partial charge in [-0.25, -0.2) is 4.68 Å². The van der Waals surface area contributed by atoms with E-state index in [0.717, 1.165) is 0 Å². The van der Waals surface area contributed by atoms with Crippen LogP contribution in [0.1, 0.15) is 24.3 Å². The predicted molar refractivity (Wildman–Crippen MR) is 83.9 cm³/mol. The molecule has 1 aromatic heterocycles. The molecule has 1 heterocycles. The third-order valence-electron chi connectivity index (χ3n) is 3.65. The summed E-state index contributed by atoms with van der Waals surface area (Å²) in [6.45, 7) is 3.06. The Kier molecular flexibility index (Phi) is 4.93. The van der Waals surface area contributed by atoms with Crippen molar-refractivity contribution in [1.29, 1.82) is 0 Å². The van der Waals surface area contributed by atoms with E-state index in [1.54, 1.807) is 13.0 Å². The van der Waals surface area contributed by atoms with Crippen LogP contribution in [0.2, 0.25) is 0 Å². The second-order valence-electron chi connectivity index (χ2n) is 5.28. The van der Waals surface area contributed by atoms with Crippen molar-refractivity contribution < 1.29 is 19.6 Å². The van der Waals surface area contributed by atoms with Gasteiger partial charge in [0, 0.05) is 18.3 Å². The molecule has 0 radical (unpaired) electrons. The normalized spacial score (nSPS) is 13.1. The van der Waals surface area contributed by atoms with Gasteiger partial charge in [-0.2, -0.15) is 5.10 Å². The number of aliphatic carboxylic acids is 1. The lowest BCUT2D eigenvalue weighted by atomic mass is 10.0. The summed E-state index contributed by atoms with van der Waals surface area (Å²) in [6.07, 6.45) is 1.43. The SMILES string of the molecule is CC(NC(=O)c1ccn(-c2ccccc2[N+](=O)[O-])n1)C(C)C(=O)O. The number of aromatic nitrogens is 2. The number of hydrogen-bond acceptors (Lipinski definition) is 5. The molecule has 0 spiro atoms. The molecule has 2 rings (SSSR count). The Bertz CT molecular complexity index is 786. The molecule has 1 aromatic carbocycles. The minimum atomic E-state index is -1.02. The molecule has 9 heteroatoms. The zero-order valence-electron chi connectivity index (χ0n) is 13.0. The lowest BCUT2D eigenvalue weighted by molar-refractivity contribution is -0.384. The van der Waals surface area contributed by atoms with E-state index >= 15 is 0 Å². The average Bonchev–Trinajstić information content (AvgIpc) is 3.03. The molecule has 126 valence electrons. The van der Waals surface area contributed by atoms with Crippen LogP contribution >= 0.6 is 0 Å². The number of carbonyl (C=O) groups is 2. The Morgan fingerprint density at radius 1 is 1.29 bits per heavy atom. The Morgan fingerprint density at radius 3 is 2.58 bits per heavy atom. The second kappa shape index (κ2) is 6.90. The van der Waals surface area contributed by atoms with Crippen molar-refractivity contribution in [1.82, 2.24) is 15.1 Å². The summed E-state index contributed by atoms with van der Waals surface area (Å²) in [5.41, 5.74) is 0.131. The third kappa shape index (κ3) is 3.57. The molecule has 2 unspecified atom stereocenters. The van der Waals surface area contributed by atoms with Gasteiger partial charge in [-0.3, -0.25) is 19.7 Å². The van der Waals surface area contributed by atoms with E-state index in [4.69, 9.17) is 5.11 Å². The van der Waals surface area contributed by atoms with Gasteiger partial charge in [0.2, 0.25) is 0 Å². The molecule has 0 fully saturated rings. The summed E-state index contributed by atoms with van der Waals surface area (Å²) in [7, 11) is 0. The van der Waals surface area contributed by atoms with Crippen molar-refractivity contribution in [2.45, 2.75) is 19.9 Å². The summed E-state index contributed by atoms with van der Waals surface area (Å²) in [5, 5.41) is 26.6. The van der Waals surface area contributed by atoms with Gasteiger partial charge in [0.15, 0.2) is 5.69 Å². The van der Waals surface area contributed by atoms with E-state index < -0.39 is 28.8 Å². The van der Waals surface area contributed by atoms with Crippen LogP contribution in [-0.4, -0.2) is 37.7 Å². The highest BCUT2D eigenvalue weighted by atomic mass is 16.6. The number of nitro groups is 1. The van der Waals surface area contributed by atoms with Crippen LogP contribution in [0.25, 0.3) is 5.69 Å². The minimum absolute atomic E-state index is 0.0394. The molecule has 0 aliphatic heterocycles. The van der Waals surface area contributed by atoms with Crippen LogP contribution in [0, 0.1) is 16.0 Å². The van der Waals surface area contributed by atoms with Crippen LogP contribution in [0.15, 0.2) is 36.5 Å². The first-order valence-electron chi connectivity index (χ1n) is 7.14. The van der Waals surface area contributed by atoms with E-state index in [9.17, 15) is 19.7 Å². The minimum Gasteiger partial charge on any atom is -0.481 e. The van der Waals surface area contributed by atoms with Crippen molar-refractivity contribution in [3.63, 3.8) is 0 Å². The topological polar surface area (TPSA) is 127 Å². The van der Waals surface area contributed by atoms with Gasteiger partial charge < -0.3 is 10.4 Å². The monoisotopic (exact) mass is 332 g/mol. The Morgan fingerprint density at radius 2 is 1.96 bits per heavy atom. The highest BCUT2D eigenvalue weighted by molar-refractivity contribution is 5.92. The van der Waals surface area contributed by atoms with E-state index in [0.29, 0.717) is 0 Å². The quantitative estimate of drug-likeness (QED) is 0.611. The number of benzene rings is 1. The zero-order valence-corrected chi connectivity index (χ0v) is 13.0. The first-order valence-corrected chi connectivity index (χ1v) is 7.14. The summed E-state index contributed by atoms with van der Waals surface area (Å²) in [5.74, 6) is -2.33. The molecule has 9 nitrogen and oxygen atoms in total. The van der Waals surface area contributed by atoms with Gasteiger partial charge in [0.05, 0.1) is 10.8 Å². The number of nitrogens with zero attached hydrogens (tertiary/aromatic N) is 3. The fourth-order valence-electron chi connectivity index (χ4n) is 2.01. The number of amides is 1. The summed E-state index contributed by atoms with van der Waals surface area (Å²) in [6, 6.07) is 6.83. The third-order valence-corrected chi connectivity index (χ3v) is 3.65. The van der Waals surface area contributed by atoms with Crippen molar-refractivity contribution in [3.05, 3.63) is 52.3 Å².